The molecular weight excluding hydrogens is 236 g/mol. The van der Waals surface area contributed by atoms with Gasteiger partial charge in [-0.15, -0.1) is 0 Å². The van der Waals surface area contributed by atoms with Gasteiger partial charge in [0.05, 0.1) is 0 Å². The minimum atomic E-state index is 0.202. The molecule has 1 aliphatic rings. The van der Waals surface area contributed by atoms with Gasteiger partial charge in [-0.2, -0.15) is 0 Å². The zero-order valence-electron chi connectivity index (χ0n) is 13.2. The van der Waals surface area contributed by atoms with Crippen molar-refractivity contribution in [1.29, 1.82) is 0 Å². The first-order valence-corrected chi connectivity index (χ1v) is 8.01. The van der Waals surface area contributed by atoms with Crippen molar-refractivity contribution in [3.63, 3.8) is 0 Å². The summed E-state index contributed by atoms with van der Waals surface area (Å²) < 4.78 is 0. The van der Waals surface area contributed by atoms with Crippen LogP contribution >= 0.6 is 0 Å². The molecule has 3 nitrogen and oxygen atoms in total. The molecule has 19 heavy (non-hydrogen) atoms. The van der Waals surface area contributed by atoms with E-state index >= 15 is 0 Å². The van der Waals surface area contributed by atoms with Crippen molar-refractivity contribution in [3.05, 3.63) is 0 Å². The first-order valence-electron chi connectivity index (χ1n) is 8.01. The quantitative estimate of drug-likeness (QED) is 0.687. The molecule has 0 saturated carbocycles. The summed E-state index contributed by atoms with van der Waals surface area (Å²) in [5, 5.41) is 3.65. The smallest absolute Gasteiger partial charge is 0.135 e. The summed E-state index contributed by atoms with van der Waals surface area (Å²) in [6.45, 7) is 12.0. The maximum absolute atomic E-state index is 11.5. The number of ketones is 1. The third kappa shape index (κ3) is 6.53. The average molecular weight is 268 g/mol. The summed E-state index contributed by atoms with van der Waals surface area (Å²) in [7, 11) is 0. The van der Waals surface area contributed by atoms with Gasteiger partial charge in [0, 0.05) is 24.4 Å². The maximum Gasteiger partial charge on any atom is 0.135 e. The van der Waals surface area contributed by atoms with Gasteiger partial charge >= 0.3 is 0 Å². The SMILES string of the molecule is CC(C)C(=O)CCCCNC1CCN(C(C)C)CC1. The molecule has 0 amide bonds. The monoisotopic (exact) mass is 268 g/mol. The van der Waals surface area contributed by atoms with Gasteiger partial charge in [-0.1, -0.05) is 13.8 Å². The molecule has 1 N–H and O–H groups in total. The lowest BCUT2D eigenvalue weighted by molar-refractivity contribution is -0.122. The Kier molecular flexibility index (Phi) is 7.62. The summed E-state index contributed by atoms with van der Waals surface area (Å²) in [6, 6.07) is 1.37. The van der Waals surface area contributed by atoms with Crippen molar-refractivity contribution in [3.8, 4) is 0 Å². The van der Waals surface area contributed by atoms with Gasteiger partial charge in [-0.25, -0.2) is 0 Å². The first-order chi connectivity index (χ1) is 9.00. The Morgan fingerprint density at radius 2 is 1.79 bits per heavy atom. The van der Waals surface area contributed by atoms with E-state index in [1.165, 1.54) is 25.9 Å². The summed E-state index contributed by atoms with van der Waals surface area (Å²) in [6.07, 6.45) is 5.45. The van der Waals surface area contributed by atoms with Crippen LogP contribution in [0.2, 0.25) is 0 Å². The van der Waals surface area contributed by atoms with Crippen LogP contribution in [-0.4, -0.2) is 42.4 Å². The van der Waals surface area contributed by atoms with E-state index < -0.39 is 0 Å². The summed E-state index contributed by atoms with van der Waals surface area (Å²) in [5.41, 5.74) is 0. The highest BCUT2D eigenvalue weighted by Crippen LogP contribution is 2.13. The molecule has 0 bridgehead atoms. The van der Waals surface area contributed by atoms with Crippen LogP contribution in [0.1, 0.15) is 59.8 Å². The molecule has 0 atom stereocenters. The standard InChI is InChI=1S/C16H32N2O/c1-13(2)16(19)7-5-6-10-17-15-8-11-18(12-9-15)14(3)4/h13-15,17H,5-12H2,1-4H3. The van der Waals surface area contributed by atoms with E-state index in [9.17, 15) is 4.79 Å². The highest BCUT2D eigenvalue weighted by Gasteiger charge is 2.19. The second kappa shape index (κ2) is 8.70. The summed E-state index contributed by atoms with van der Waals surface area (Å²) >= 11 is 0. The van der Waals surface area contributed by atoms with E-state index in [1.807, 2.05) is 13.8 Å². The van der Waals surface area contributed by atoms with Crippen molar-refractivity contribution in [2.24, 2.45) is 5.92 Å². The molecule has 0 aromatic carbocycles. The van der Waals surface area contributed by atoms with Crippen LogP contribution in [0.5, 0.6) is 0 Å². The number of unbranched alkanes of at least 4 members (excludes halogenated alkanes) is 1. The Morgan fingerprint density at radius 1 is 1.16 bits per heavy atom. The van der Waals surface area contributed by atoms with Gasteiger partial charge in [0.15, 0.2) is 0 Å². The Labute approximate surface area is 119 Å². The molecule has 0 aromatic heterocycles. The highest BCUT2D eigenvalue weighted by molar-refractivity contribution is 5.80. The van der Waals surface area contributed by atoms with Gasteiger partial charge in [0.2, 0.25) is 0 Å². The molecule has 0 radical (unpaired) electrons. The average Bonchev–Trinajstić information content (AvgIpc) is 2.38. The number of hydrogen-bond donors (Lipinski definition) is 1. The summed E-state index contributed by atoms with van der Waals surface area (Å²) in [5.74, 6) is 0.610. The Bertz CT molecular complexity index is 255. The van der Waals surface area contributed by atoms with Crippen molar-refractivity contribution < 1.29 is 4.79 Å². The largest absolute Gasteiger partial charge is 0.314 e. The molecule has 112 valence electrons. The predicted octanol–water partition coefficient (Wildman–Crippen LogP) is 2.84. The van der Waals surface area contributed by atoms with Gasteiger partial charge in [0.25, 0.3) is 0 Å². The van der Waals surface area contributed by atoms with E-state index in [0.29, 0.717) is 17.9 Å². The molecule has 1 heterocycles. The van der Waals surface area contributed by atoms with Crippen molar-refractivity contribution in [2.45, 2.75) is 71.9 Å². The fourth-order valence-corrected chi connectivity index (χ4v) is 2.64. The van der Waals surface area contributed by atoms with Gasteiger partial charge in [0.1, 0.15) is 5.78 Å². The lowest BCUT2D eigenvalue weighted by atomic mass is 10.0. The number of rotatable bonds is 8. The number of hydrogen-bond acceptors (Lipinski definition) is 3. The Hall–Kier alpha value is -0.410. The fourth-order valence-electron chi connectivity index (χ4n) is 2.64. The van der Waals surface area contributed by atoms with E-state index in [4.69, 9.17) is 0 Å². The van der Waals surface area contributed by atoms with Crippen LogP contribution in [-0.2, 0) is 4.79 Å². The van der Waals surface area contributed by atoms with Crippen molar-refractivity contribution in [2.75, 3.05) is 19.6 Å². The van der Waals surface area contributed by atoms with Gasteiger partial charge < -0.3 is 10.2 Å². The molecule has 0 spiro atoms. The normalized spacial score (nSPS) is 18.4. The topological polar surface area (TPSA) is 32.3 Å². The number of nitrogens with zero attached hydrogens (tertiary/aromatic N) is 1. The molecule has 1 aliphatic heterocycles. The number of carbonyl (C=O) groups is 1. The molecule has 1 fully saturated rings. The number of carbonyl (C=O) groups excluding carboxylic acids is 1. The lowest BCUT2D eigenvalue weighted by Gasteiger charge is -2.35. The molecule has 0 aliphatic carbocycles. The third-order valence-electron chi connectivity index (χ3n) is 4.19. The zero-order valence-corrected chi connectivity index (χ0v) is 13.2. The number of likely N-dealkylation sites (tertiary alicyclic amines) is 1. The van der Waals surface area contributed by atoms with Crippen LogP contribution in [0.3, 0.4) is 0 Å². The predicted molar refractivity (Wildman–Crippen MR) is 81.4 cm³/mol. The number of Topliss-reactive ketones (excluding diaryl/α,β-unsaturated/α-hetero) is 1. The molecule has 3 heteroatoms. The third-order valence-corrected chi connectivity index (χ3v) is 4.19. The molecule has 0 unspecified atom stereocenters. The van der Waals surface area contributed by atoms with Crippen molar-refractivity contribution >= 4 is 5.78 Å². The van der Waals surface area contributed by atoms with E-state index in [2.05, 4.69) is 24.1 Å². The van der Waals surface area contributed by atoms with Crippen molar-refractivity contribution in [1.82, 2.24) is 10.2 Å². The van der Waals surface area contributed by atoms with Crippen LogP contribution < -0.4 is 5.32 Å². The Balaban J connectivity index is 2.01. The second-order valence-electron chi connectivity index (χ2n) is 6.44. The number of piperidine rings is 1. The second-order valence-corrected chi connectivity index (χ2v) is 6.44. The van der Waals surface area contributed by atoms with Crippen LogP contribution in [0.25, 0.3) is 0 Å². The number of nitrogens with one attached hydrogen (secondary N) is 1. The van der Waals surface area contributed by atoms with E-state index in [-0.39, 0.29) is 5.92 Å². The highest BCUT2D eigenvalue weighted by atomic mass is 16.1. The first kappa shape index (κ1) is 16.6. The fraction of sp³-hybridized carbons (Fsp3) is 0.938. The van der Waals surface area contributed by atoms with Gasteiger partial charge in [-0.05, 0) is 59.2 Å². The van der Waals surface area contributed by atoms with E-state index in [1.54, 1.807) is 0 Å². The summed E-state index contributed by atoms with van der Waals surface area (Å²) in [4.78, 5) is 14.0. The van der Waals surface area contributed by atoms with Gasteiger partial charge in [-0.3, -0.25) is 4.79 Å². The van der Waals surface area contributed by atoms with Crippen LogP contribution in [0.15, 0.2) is 0 Å². The molecular formula is C16H32N2O. The zero-order chi connectivity index (χ0) is 14.3. The molecule has 1 saturated heterocycles. The van der Waals surface area contributed by atoms with E-state index in [0.717, 1.165) is 25.8 Å². The molecule has 0 aromatic rings. The minimum Gasteiger partial charge on any atom is -0.314 e. The minimum absolute atomic E-state index is 0.202. The lowest BCUT2D eigenvalue weighted by Crippen LogP contribution is -2.45. The van der Waals surface area contributed by atoms with Crippen LogP contribution in [0, 0.1) is 5.92 Å². The molecule has 1 rings (SSSR count). The Morgan fingerprint density at radius 3 is 2.32 bits per heavy atom. The van der Waals surface area contributed by atoms with Crippen LogP contribution in [0.4, 0.5) is 0 Å². The maximum atomic E-state index is 11.5.